The number of unbranched alkanes of at least 4 members (excludes halogenated alkanes) is 2. The van der Waals surface area contributed by atoms with Crippen LogP contribution >= 0.6 is 23.2 Å². The lowest BCUT2D eigenvalue weighted by Gasteiger charge is -2.05. The molecule has 0 aliphatic heterocycles. The van der Waals surface area contributed by atoms with Crippen LogP contribution in [0.4, 0.5) is 5.82 Å². The van der Waals surface area contributed by atoms with E-state index in [1.165, 1.54) is 6.33 Å². The molecule has 0 atom stereocenters. The molecule has 0 spiro atoms. The number of hydrogen-bond donors (Lipinski definition) is 1. The van der Waals surface area contributed by atoms with Gasteiger partial charge in [-0.05, 0) is 6.42 Å². The van der Waals surface area contributed by atoms with E-state index in [-0.39, 0.29) is 21.9 Å². The Morgan fingerprint density at radius 2 is 2.12 bits per heavy atom. The van der Waals surface area contributed by atoms with Gasteiger partial charge in [0.15, 0.2) is 11.0 Å². The van der Waals surface area contributed by atoms with Gasteiger partial charge in [-0.1, -0.05) is 43.0 Å². The minimum absolute atomic E-state index is 0.106. The number of halogens is 2. The number of hydrogen-bond acceptors (Lipinski definition) is 3. The molecule has 6 heteroatoms. The number of nitrogens with one attached hydrogen (secondary N) is 1. The monoisotopic (exact) mass is 261 g/mol. The zero-order chi connectivity index (χ0) is 12.0. The summed E-state index contributed by atoms with van der Waals surface area (Å²) in [7, 11) is 0. The molecule has 1 aromatic heterocycles. The van der Waals surface area contributed by atoms with Gasteiger partial charge in [0.1, 0.15) is 11.3 Å². The molecular weight excluding hydrogens is 249 g/mol. The molecule has 0 saturated heterocycles. The van der Waals surface area contributed by atoms with E-state index in [9.17, 15) is 4.79 Å². The first-order chi connectivity index (χ1) is 7.65. The molecule has 0 aliphatic rings. The molecule has 1 aromatic rings. The second kappa shape index (κ2) is 6.66. The first-order valence-corrected chi connectivity index (χ1v) is 5.86. The summed E-state index contributed by atoms with van der Waals surface area (Å²) in [5.74, 6) is 0.160. The number of rotatable bonds is 5. The summed E-state index contributed by atoms with van der Waals surface area (Å²) in [4.78, 5) is 19.0. The molecule has 0 fully saturated rings. The average Bonchev–Trinajstić information content (AvgIpc) is 2.25. The molecule has 1 N–H and O–H groups in total. The third-order valence-corrected chi connectivity index (χ3v) is 2.75. The third-order valence-electron chi connectivity index (χ3n) is 2.01. The number of nitrogens with zero attached hydrogens (tertiary/aromatic N) is 2. The molecule has 4 nitrogen and oxygen atoms in total. The molecule has 0 bridgehead atoms. The van der Waals surface area contributed by atoms with Gasteiger partial charge >= 0.3 is 0 Å². The quantitative estimate of drug-likeness (QED) is 0.654. The van der Waals surface area contributed by atoms with Gasteiger partial charge in [0, 0.05) is 6.42 Å². The van der Waals surface area contributed by atoms with Crippen molar-refractivity contribution in [1.29, 1.82) is 0 Å². The van der Waals surface area contributed by atoms with Gasteiger partial charge in [-0.2, -0.15) is 0 Å². The smallest absolute Gasteiger partial charge is 0.225 e. The highest BCUT2D eigenvalue weighted by atomic mass is 35.5. The summed E-state index contributed by atoms with van der Waals surface area (Å²) < 4.78 is 0. The lowest BCUT2D eigenvalue weighted by atomic mass is 10.2. The van der Waals surface area contributed by atoms with E-state index < -0.39 is 0 Å². The van der Waals surface area contributed by atoms with E-state index in [0.29, 0.717) is 6.42 Å². The van der Waals surface area contributed by atoms with Crippen molar-refractivity contribution in [2.45, 2.75) is 32.6 Å². The Hall–Kier alpha value is -0.870. The SMILES string of the molecule is CCCCCC(=O)Nc1ncnc(Cl)c1Cl. The molecule has 1 heterocycles. The van der Waals surface area contributed by atoms with Crippen LogP contribution < -0.4 is 5.32 Å². The lowest BCUT2D eigenvalue weighted by molar-refractivity contribution is -0.116. The highest BCUT2D eigenvalue weighted by Crippen LogP contribution is 2.25. The zero-order valence-electron chi connectivity index (χ0n) is 8.96. The molecule has 0 unspecified atom stereocenters. The number of carbonyl (C=O) groups excluding carboxylic acids is 1. The van der Waals surface area contributed by atoms with Gasteiger partial charge in [-0.3, -0.25) is 4.79 Å². The maximum atomic E-state index is 11.5. The minimum atomic E-state index is -0.106. The van der Waals surface area contributed by atoms with E-state index in [2.05, 4.69) is 22.2 Å². The Bertz CT molecular complexity index is 371. The normalized spacial score (nSPS) is 10.2. The van der Waals surface area contributed by atoms with Crippen LogP contribution in [0.15, 0.2) is 6.33 Å². The van der Waals surface area contributed by atoms with Crippen molar-refractivity contribution in [2.24, 2.45) is 0 Å². The maximum absolute atomic E-state index is 11.5. The fourth-order valence-electron chi connectivity index (χ4n) is 1.17. The van der Waals surface area contributed by atoms with E-state index in [1.807, 2.05) is 0 Å². The molecule has 0 radical (unpaired) electrons. The Labute approximate surface area is 104 Å². The topological polar surface area (TPSA) is 54.9 Å². The van der Waals surface area contributed by atoms with Crippen molar-refractivity contribution >= 4 is 34.9 Å². The lowest BCUT2D eigenvalue weighted by Crippen LogP contribution is -2.12. The largest absolute Gasteiger partial charge is 0.309 e. The van der Waals surface area contributed by atoms with Crippen LogP contribution in [0.25, 0.3) is 0 Å². The Morgan fingerprint density at radius 3 is 2.81 bits per heavy atom. The summed E-state index contributed by atoms with van der Waals surface area (Å²) in [6, 6.07) is 0. The first-order valence-electron chi connectivity index (χ1n) is 5.11. The van der Waals surface area contributed by atoms with Crippen molar-refractivity contribution < 1.29 is 4.79 Å². The van der Waals surface area contributed by atoms with Crippen LogP contribution in [0.2, 0.25) is 10.2 Å². The predicted molar refractivity (Wildman–Crippen MR) is 64.8 cm³/mol. The van der Waals surface area contributed by atoms with Crippen LogP contribution in [-0.4, -0.2) is 15.9 Å². The number of carbonyl (C=O) groups is 1. The molecule has 0 aliphatic carbocycles. The summed E-state index contributed by atoms with van der Waals surface area (Å²) in [5.41, 5.74) is 0. The molecule has 88 valence electrons. The van der Waals surface area contributed by atoms with E-state index in [1.54, 1.807) is 0 Å². The fourth-order valence-corrected chi connectivity index (χ4v) is 1.44. The van der Waals surface area contributed by atoms with Gasteiger partial charge in [0.05, 0.1) is 0 Å². The van der Waals surface area contributed by atoms with Crippen LogP contribution in [0, 0.1) is 0 Å². The Balaban J connectivity index is 2.53. The van der Waals surface area contributed by atoms with Gasteiger partial charge < -0.3 is 5.32 Å². The van der Waals surface area contributed by atoms with Crippen molar-refractivity contribution in [2.75, 3.05) is 5.32 Å². The molecule has 1 amide bonds. The first kappa shape index (κ1) is 13.2. The molecule has 0 aromatic carbocycles. The second-order valence-electron chi connectivity index (χ2n) is 3.33. The summed E-state index contributed by atoms with van der Waals surface area (Å²) in [5, 5.41) is 2.92. The number of anilines is 1. The Kier molecular flexibility index (Phi) is 5.49. The highest BCUT2D eigenvalue weighted by molar-refractivity contribution is 6.42. The van der Waals surface area contributed by atoms with Crippen LogP contribution in [0.5, 0.6) is 0 Å². The minimum Gasteiger partial charge on any atom is -0.309 e. The van der Waals surface area contributed by atoms with Crippen LogP contribution in [0.3, 0.4) is 0 Å². The van der Waals surface area contributed by atoms with Gasteiger partial charge in [-0.25, -0.2) is 9.97 Å². The third kappa shape index (κ3) is 3.94. The van der Waals surface area contributed by atoms with Gasteiger partial charge in [0.2, 0.25) is 5.91 Å². The van der Waals surface area contributed by atoms with Gasteiger partial charge in [-0.15, -0.1) is 0 Å². The van der Waals surface area contributed by atoms with E-state index in [4.69, 9.17) is 23.2 Å². The van der Waals surface area contributed by atoms with E-state index in [0.717, 1.165) is 19.3 Å². The van der Waals surface area contributed by atoms with Crippen molar-refractivity contribution in [3.8, 4) is 0 Å². The summed E-state index contributed by atoms with van der Waals surface area (Å²) in [6.07, 6.45) is 4.69. The van der Waals surface area contributed by atoms with E-state index >= 15 is 0 Å². The summed E-state index contributed by atoms with van der Waals surface area (Å²) >= 11 is 11.5. The zero-order valence-corrected chi connectivity index (χ0v) is 10.5. The summed E-state index contributed by atoms with van der Waals surface area (Å²) in [6.45, 7) is 2.08. The number of aromatic nitrogens is 2. The standard InChI is InChI=1S/C10H13Cl2N3O/c1-2-3-4-5-7(16)15-10-8(11)9(12)13-6-14-10/h6H,2-5H2,1H3,(H,13,14,15,16). The van der Waals surface area contributed by atoms with Crippen molar-refractivity contribution in [1.82, 2.24) is 9.97 Å². The maximum Gasteiger partial charge on any atom is 0.225 e. The fraction of sp³-hybridized carbons (Fsp3) is 0.500. The average molecular weight is 262 g/mol. The molecular formula is C10H13Cl2N3O. The predicted octanol–water partition coefficient (Wildman–Crippen LogP) is 3.30. The van der Waals surface area contributed by atoms with Crippen LogP contribution in [0.1, 0.15) is 32.6 Å². The number of amides is 1. The highest BCUT2D eigenvalue weighted by Gasteiger charge is 2.09. The van der Waals surface area contributed by atoms with Crippen LogP contribution in [-0.2, 0) is 4.79 Å². The second-order valence-corrected chi connectivity index (χ2v) is 4.07. The molecule has 16 heavy (non-hydrogen) atoms. The Morgan fingerprint density at radius 1 is 1.38 bits per heavy atom. The molecule has 1 rings (SSSR count). The molecule has 0 saturated carbocycles. The van der Waals surface area contributed by atoms with Gasteiger partial charge in [0.25, 0.3) is 0 Å². The van der Waals surface area contributed by atoms with Crippen molar-refractivity contribution in [3.63, 3.8) is 0 Å². The van der Waals surface area contributed by atoms with Crippen molar-refractivity contribution in [3.05, 3.63) is 16.5 Å².